The van der Waals surface area contributed by atoms with Crippen molar-refractivity contribution >= 4 is 50.0 Å². The van der Waals surface area contributed by atoms with Crippen LogP contribution in [0.1, 0.15) is 22.3 Å². The number of quaternary nitrogens is 2. The van der Waals surface area contributed by atoms with Gasteiger partial charge in [-0.2, -0.15) is 10.5 Å². The first-order valence-electron chi connectivity index (χ1n) is 8.76. The van der Waals surface area contributed by atoms with Crippen molar-refractivity contribution in [3.8, 4) is 0 Å². The summed E-state index contributed by atoms with van der Waals surface area (Å²) < 4.78 is 0.549. The number of rotatable bonds is 6. The molecule has 148 valence electrons. The lowest BCUT2D eigenvalue weighted by molar-refractivity contribution is -0.996. The van der Waals surface area contributed by atoms with Gasteiger partial charge in [-0.1, -0.05) is 66.7 Å². The molecule has 0 bridgehead atoms. The highest BCUT2D eigenvalue weighted by Crippen LogP contribution is 2.32. The maximum atomic E-state index is 11.8. The first-order chi connectivity index (χ1) is 14.0. The van der Waals surface area contributed by atoms with Crippen molar-refractivity contribution in [1.29, 1.82) is 0 Å². The molecule has 29 heavy (non-hydrogen) atoms. The number of halogens is 1. The largest absolute Gasteiger partial charge is 0.595 e. The van der Waals surface area contributed by atoms with Crippen LogP contribution in [0.2, 0.25) is 0 Å². The van der Waals surface area contributed by atoms with Crippen molar-refractivity contribution in [2.75, 3.05) is 0 Å². The summed E-state index contributed by atoms with van der Waals surface area (Å²) in [4.78, 5) is 0. The van der Waals surface area contributed by atoms with Crippen LogP contribution < -0.4 is 10.5 Å². The van der Waals surface area contributed by atoms with E-state index in [9.17, 15) is 20.8 Å². The predicted octanol–water partition coefficient (Wildman–Crippen LogP) is 3.56. The van der Waals surface area contributed by atoms with Crippen molar-refractivity contribution in [3.05, 3.63) is 105 Å². The summed E-state index contributed by atoms with van der Waals surface area (Å²) in [5.41, 5.74) is 2.46. The van der Waals surface area contributed by atoms with Crippen molar-refractivity contribution < 1.29 is 20.9 Å². The van der Waals surface area contributed by atoms with E-state index in [1.165, 1.54) is 6.07 Å². The van der Waals surface area contributed by atoms with Gasteiger partial charge in [0.15, 0.2) is 11.4 Å². The number of nitrogens with one attached hydrogen (secondary N) is 2. The van der Waals surface area contributed by atoms with Gasteiger partial charge in [-0.15, -0.1) is 0 Å². The van der Waals surface area contributed by atoms with Crippen LogP contribution in [0.4, 0.5) is 11.4 Å². The van der Waals surface area contributed by atoms with Gasteiger partial charge >= 0.3 is 0 Å². The Bertz CT molecular complexity index is 1020. The molecule has 6 nitrogen and oxygen atoms in total. The zero-order valence-electron chi connectivity index (χ0n) is 15.2. The predicted molar refractivity (Wildman–Crippen MR) is 117 cm³/mol. The van der Waals surface area contributed by atoms with E-state index in [1.54, 1.807) is 24.3 Å². The minimum Gasteiger partial charge on any atom is -0.595 e. The smallest absolute Gasteiger partial charge is 0.178 e. The normalized spacial score (nSPS) is 14.2. The molecule has 0 saturated carbocycles. The molecule has 0 aromatic heterocycles. The van der Waals surface area contributed by atoms with Gasteiger partial charge in [0.05, 0.1) is 11.6 Å². The van der Waals surface area contributed by atoms with E-state index >= 15 is 0 Å². The van der Waals surface area contributed by atoms with Gasteiger partial charge in [0, 0.05) is 10.0 Å². The molecule has 3 aromatic rings. The molecule has 2 unspecified atom stereocenters. The van der Waals surface area contributed by atoms with Crippen molar-refractivity contribution in [2.45, 2.75) is 0 Å². The fraction of sp³-hybridized carbons (Fsp3) is 0. The maximum Gasteiger partial charge on any atom is 0.178 e. The van der Waals surface area contributed by atoms with Crippen LogP contribution in [0.25, 0.3) is 22.7 Å². The summed E-state index contributed by atoms with van der Waals surface area (Å²) in [6, 6.07) is 21.7. The fourth-order valence-corrected chi connectivity index (χ4v) is 3.43. The Morgan fingerprint density at radius 2 is 1.31 bits per heavy atom. The molecule has 0 saturated heterocycles. The van der Waals surface area contributed by atoms with Crippen LogP contribution >= 0.6 is 15.9 Å². The Hall–Kier alpha value is -2.62. The second kappa shape index (κ2) is 9.73. The van der Waals surface area contributed by atoms with E-state index in [-0.39, 0.29) is 11.4 Å². The minimum absolute atomic E-state index is 0.0710. The molecule has 3 aromatic carbocycles. The number of benzene rings is 3. The summed E-state index contributed by atoms with van der Waals surface area (Å²) in [6.45, 7) is 0. The van der Waals surface area contributed by atoms with Gasteiger partial charge in [-0.3, -0.25) is 0 Å². The molecule has 0 radical (unpaired) electrons. The van der Waals surface area contributed by atoms with Gasteiger partial charge in [0.2, 0.25) is 0 Å². The Morgan fingerprint density at radius 3 is 1.86 bits per heavy atom. The van der Waals surface area contributed by atoms with Gasteiger partial charge in [0.25, 0.3) is 0 Å². The average molecular weight is 455 g/mol. The lowest BCUT2D eigenvalue weighted by atomic mass is 10.0. The summed E-state index contributed by atoms with van der Waals surface area (Å²) in [5.74, 6) is 0. The molecule has 3 rings (SSSR count). The van der Waals surface area contributed by atoms with Gasteiger partial charge < -0.3 is 10.4 Å². The van der Waals surface area contributed by atoms with Gasteiger partial charge in [-0.05, 0) is 45.3 Å². The van der Waals surface area contributed by atoms with Crippen LogP contribution in [-0.4, -0.2) is 10.4 Å². The standard InChI is InChI=1S/C22H19BrN2O4/c23-20(13-17-9-5-2-6-10-17)19-14-18(12-11-16-7-3-1-4-8-16)21(24(26)27)15-22(19)25(28)29/h1-15,24-26,28H. The quantitative estimate of drug-likeness (QED) is 0.338. The second-order valence-electron chi connectivity index (χ2n) is 6.24. The highest BCUT2D eigenvalue weighted by atomic mass is 79.9. The molecule has 0 heterocycles. The molecule has 4 N–H and O–H groups in total. The number of hydrogen-bond donors (Lipinski definition) is 4. The maximum absolute atomic E-state index is 11.8. The summed E-state index contributed by atoms with van der Waals surface area (Å²) >= 11 is 3.46. The summed E-state index contributed by atoms with van der Waals surface area (Å²) in [7, 11) is 0. The van der Waals surface area contributed by atoms with Crippen molar-refractivity contribution in [2.24, 2.45) is 0 Å². The third-order valence-electron chi connectivity index (χ3n) is 4.26. The van der Waals surface area contributed by atoms with Crippen LogP contribution in [0.5, 0.6) is 0 Å². The molecule has 2 atom stereocenters. The van der Waals surface area contributed by atoms with E-state index in [4.69, 9.17) is 0 Å². The van der Waals surface area contributed by atoms with Crippen LogP contribution in [-0.2, 0) is 0 Å². The third-order valence-corrected chi connectivity index (χ3v) is 4.91. The van der Waals surface area contributed by atoms with Gasteiger partial charge in [0.1, 0.15) is 0 Å². The molecule has 0 amide bonds. The molecular formula is C22H19BrN2O4. The minimum atomic E-state index is -1.19. The van der Waals surface area contributed by atoms with E-state index < -0.39 is 10.5 Å². The number of hydrogen-bond acceptors (Lipinski definition) is 4. The molecule has 0 aliphatic carbocycles. The fourth-order valence-electron chi connectivity index (χ4n) is 2.84. The van der Waals surface area contributed by atoms with Gasteiger partial charge in [-0.25, -0.2) is 10.4 Å². The Labute approximate surface area is 176 Å². The van der Waals surface area contributed by atoms with Crippen LogP contribution in [0.3, 0.4) is 0 Å². The molecule has 7 heteroatoms. The zero-order chi connectivity index (χ0) is 20.8. The Morgan fingerprint density at radius 1 is 0.759 bits per heavy atom. The van der Waals surface area contributed by atoms with E-state index in [0.29, 0.717) is 15.6 Å². The van der Waals surface area contributed by atoms with Crippen LogP contribution in [0, 0.1) is 10.4 Å². The van der Waals surface area contributed by atoms with E-state index in [1.807, 2.05) is 60.7 Å². The molecular weight excluding hydrogens is 436 g/mol. The zero-order valence-corrected chi connectivity index (χ0v) is 16.8. The highest BCUT2D eigenvalue weighted by Gasteiger charge is 2.19. The summed E-state index contributed by atoms with van der Waals surface area (Å²) in [5, 5.41) is 40.3. The Kier molecular flexibility index (Phi) is 7.08. The monoisotopic (exact) mass is 454 g/mol. The second-order valence-corrected chi connectivity index (χ2v) is 7.10. The van der Waals surface area contributed by atoms with Crippen molar-refractivity contribution in [3.63, 3.8) is 0 Å². The SMILES string of the molecule is [O-][NH+](O)c1cc([NH+]([O-])O)c(C(Br)=Cc2ccccc2)cc1C=Cc1ccccc1. The summed E-state index contributed by atoms with van der Waals surface area (Å²) in [6.07, 6.45) is 5.27. The lowest BCUT2D eigenvalue weighted by Crippen LogP contribution is -3.01. The molecule has 0 spiro atoms. The molecule has 0 fully saturated rings. The van der Waals surface area contributed by atoms with E-state index in [2.05, 4.69) is 15.9 Å². The average Bonchev–Trinajstić information content (AvgIpc) is 2.72. The third kappa shape index (κ3) is 5.47. The van der Waals surface area contributed by atoms with Crippen LogP contribution in [0.15, 0.2) is 72.8 Å². The topological polar surface area (TPSA) is 95.5 Å². The molecule has 0 aliphatic rings. The van der Waals surface area contributed by atoms with E-state index in [0.717, 1.165) is 11.1 Å². The Balaban J connectivity index is 2.11. The first kappa shape index (κ1) is 21.1. The van der Waals surface area contributed by atoms with Crippen molar-refractivity contribution in [1.82, 2.24) is 0 Å². The highest BCUT2D eigenvalue weighted by molar-refractivity contribution is 9.15. The first-order valence-corrected chi connectivity index (χ1v) is 9.55. The molecule has 0 aliphatic heterocycles. The lowest BCUT2D eigenvalue weighted by Gasteiger charge is -2.20.